The van der Waals surface area contributed by atoms with Crippen LogP contribution in [-0.4, -0.2) is 49.5 Å². The topological polar surface area (TPSA) is 94.1 Å². The molecule has 0 radical (unpaired) electrons. The zero-order chi connectivity index (χ0) is 16.8. The lowest BCUT2D eigenvalue weighted by Crippen LogP contribution is -2.57. The Labute approximate surface area is 129 Å². The third-order valence-electron chi connectivity index (χ3n) is 3.05. The van der Waals surface area contributed by atoms with Crippen molar-refractivity contribution in [2.45, 2.75) is 25.5 Å². The molecule has 0 fully saturated rings. The van der Waals surface area contributed by atoms with Crippen molar-refractivity contribution in [3.8, 4) is 11.5 Å². The Morgan fingerprint density at radius 3 is 2.23 bits per heavy atom. The van der Waals surface area contributed by atoms with Gasteiger partial charge in [-0.2, -0.15) is 0 Å². The first kappa shape index (κ1) is 17.8. The molecule has 2 unspecified atom stereocenters. The highest BCUT2D eigenvalue weighted by Gasteiger charge is 2.36. The van der Waals surface area contributed by atoms with Gasteiger partial charge in [-0.3, -0.25) is 4.79 Å². The van der Waals surface area contributed by atoms with E-state index in [2.05, 4.69) is 5.32 Å². The van der Waals surface area contributed by atoms with Crippen LogP contribution in [0.1, 0.15) is 13.8 Å². The number of carboxylic acids is 1. The molecule has 1 aromatic carbocycles. The van der Waals surface area contributed by atoms with Crippen LogP contribution in [0.3, 0.4) is 0 Å². The molecule has 122 valence electrons. The summed E-state index contributed by atoms with van der Waals surface area (Å²) in [4.78, 5) is 23.3. The van der Waals surface area contributed by atoms with E-state index in [0.29, 0.717) is 11.5 Å². The number of hydrogen-bond donors (Lipinski definition) is 2. The lowest BCUT2D eigenvalue weighted by Gasteiger charge is -2.27. The predicted molar refractivity (Wildman–Crippen MR) is 79.1 cm³/mol. The van der Waals surface area contributed by atoms with Gasteiger partial charge in [0.1, 0.15) is 11.5 Å². The molecule has 0 bridgehead atoms. The predicted octanol–water partition coefficient (Wildman–Crippen LogP) is 1.07. The summed E-state index contributed by atoms with van der Waals surface area (Å²) < 4.78 is 15.3. The molecule has 0 spiro atoms. The van der Waals surface area contributed by atoms with Gasteiger partial charge in [0.25, 0.3) is 5.91 Å². The van der Waals surface area contributed by atoms with Crippen LogP contribution in [0.25, 0.3) is 0 Å². The molecule has 0 saturated heterocycles. The molecule has 1 aromatic rings. The molecule has 7 nitrogen and oxygen atoms in total. The molecule has 0 aliphatic carbocycles. The van der Waals surface area contributed by atoms with Gasteiger partial charge in [-0.15, -0.1) is 0 Å². The number of amides is 1. The molecule has 0 aliphatic rings. The minimum absolute atomic E-state index is 0.149. The lowest BCUT2D eigenvalue weighted by molar-refractivity contribution is -0.150. The SMILES string of the molecule is COCC(C)(NC(=O)C(C)Oc1ccc(OC)cc1)C(=O)O. The van der Waals surface area contributed by atoms with Crippen LogP contribution in [-0.2, 0) is 14.3 Å². The van der Waals surface area contributed by atoms with E-state index in [1.54, 1.807) is 31.4 Å². The van der Waals surface area contributed by atoms with Crippen LogP contribution < -0.4 is 14.8 Å². The maximum atomic E-state index is 12.1. The monoisotopic (exact) mass is 311 g/mol. The Morgan fingerprint density at radius 2 is 1.77 bits per heavy atom. The highest BCUT2D eigenvalue weighted by atomic mass is 16.5. The number of methoxy groups -OCH3 is 2. The summed E-state index contributed by atoms with van der Waals surface area (Å²) in [5, 5.41) is 11.6. The standard InChI is InChI=1S/C15H21NO6/c1-10(22-12-7-5-11(21-4)6-8-12)13(17)16-15(2,9-20-3)14(18)19/h5-8,10H,9H2,1-4H3,(H,16,17)(H,18,19). The summed E-state index contributed by atoms with van der Waals surface area (Å²) in [5.74, 6) is -0.577. The first-order chi connectivity index (χ1) is 10.3. The summed E-state index contributed by atoms with van der Waals surface area (Å²) >= 11 is 0. The van der Waals surface area contributed by atoms with E-state index in [1.165, 1.54) is 21.0 Å². The Balaban J connectivity index is 2.69. The van der Waals surface area contributed by atoms with Crippen molar-refractivity contribution in [1.82, 2.24) is 5.32 Å². The van der Waals surface area contributed by atoms with E-state index in [0.717, 1.165) is 0 Å². The Morgan fingerprint density at radius 1 is 1.23 bits per heavy atom. The molecule has 0 aliphatic heterocycles. The maximum absolute atomic E-state index is 12.1. The molecule has 1 rings (SSSR count). The van der Waals surface area contributed by atoms with Gasteiger partial charge in [-0.05, 0) is 38.1 Å². The van der Waals surface area contributed by atoms with Crippen molar-refractivity contribution in [2.24, 2.45) is 0 Å². The fourth-order valence-corrected chi connectivity index (χ4v) is 1.73. The molecular weight excluding hydrogens is 290 g/mol. The van der Waals surface area contributed by atoms with Gasteiger partial charge in [0, 0.05) is 7.11 Å². The summed E-state index contributed by atoms with van der Waals surface area (Å²) in [6.45, 7) is 2.76. The molecule has 22 heavy (non-hydrogen) atoms. The van der Waals surface area contributed by atoms with Gasteiger partial charge in [0.05, 0.1) is 13.7 Å². The van der Waals surface area contributed by atoms with Crippen LogP contribution in [0.2, 0.25) is 0 Å². The average Bonchev–Trinajstić information content (AvgIpc) is 2.48. The van der Waals surface area contributed by atoms with Crippen LogP contribution in [0.15, 0.2) is 24.3 Å². The average molecular weight is 311 g/mol. The largest absolute Gasteiger partial charge is 0.497 e. The Bertz CT molecular complexity index is 515. The minimum atomic E-state index is -1.51. The van der Waals surface area contributed by atoms with Crippen LogP contribution in [0.4, 0.5) is 0 Å². The smallest absolute Gasteiger partial charge is 0.331 e. The number of ether oxygens (including phenoxy) is 3. The Hall–Kier alpha value is -2.28. The van der Waals surface area contributed by atoms with E-state index < -0.39 is 23.5 Å². The third kappa shape index (κ3) is 4.63. The van der Waals surface area contributed by atoms with Crippen LogP contribution in [0, 0.1) is 0 Å². The summed E-state index contributed by atoms with van der Waals surface area (Å²) in [7, 11) is 2.92. The van der Waals surface area contributed by atoms with Crippen molar-refractivity contribution in [2.75, 3.05) is 20.8 Å². The van der Waals surface area contributed by atoms with Crippen LogP contribution in [0.5, 0.6) is 11.5 Å². The number of benzene rings is 1. The zero-order valence-corrected chi connectivity index (χ0v) is 13.1. The number of hydrogen-bond acceptors (Lipinski definition) is 5. The van der Waals surface area contributed by atoms with Gasteiger partial charge >= 0.3 is 5.97 Å². The van der Waals surface area contributed by atoms with E-state index >= 15 is 0 Å². The molecule has 0 aromatic heterocycles. The van der Waals surface area contributed by atoms with Crippen molar-refractivity contribution >= 4 is 11.9 Å². The lowest BCUT2D eigenvalue weighted by atomic mass is 10.0. The maximum Gasteiger partial charge on any atom is 0.331 e. The van der Waals surface area contributed by atoms with Crippen molar-refractivity contribution in [3.05, 3.63) is 24.3 Å². The van der Waals surface area contributed by atoms with E-state index in [9.17, 15) is 14.7 Å². The summed E-state index contributed by atoms with van der Waals surface area (Å²) in [5.41, 5.74) is -1.51. The van der Waals surface area contributed by atoms with Gasteiger partial charge in [0.2, 0.25) is 0 Å². The van der Waals surface area contributed by atoms with Gasteiger partial charge in [-0.25, -0.2) is 4.79 Å². The number of aliphatic carboxylic acids is 1. The van der Waals surface area contributed by atoms with E-state index in [4.69, 9.17) is 14.2 Å². The van der Waals surface area contributed by atoms with E-state index in [-0.39, 0.29) is 6.61 Å². The Kier molecular flexibility index (Phi) is 6.18. The van der Waals surface area contributed by atoms with Crippen LogP contribution >= 0.6 is 0 Å². The fraction of sp³-hybridized carbons (Fsp3) is 0.467. The molecule has 1 amide bonds. The van der Waals surface area contributed by atoms with Crippen molar-refractivity contribution in [1.29, 1.82) is 0 Å². The van der Waals surface area contributed by atoms with E-state index in [1.807, 2.05) is 0 Å². The summed E-state index contributed by atoms with van der Waals surface area (Å²) in [6, 6.07) is 6.72. The quantitative estimate of drug-likeness (QED) is 0.746. The number of nitrogens with one attached hydrogen (secondary N) is 1. The van der Waals surface area contributed by atoms with Gasteiger partial charge in [-0.1, -0.05) is 0 Å². The van der Waals surface area contributed by atoms with Crippen molar-refractivity contribution < 1.29 is 28.9 Å². The highest BCUT2D eigenvalue weighted by molar-refractivity contribution is 5.88. The minimum Gasteiger partial charge on any atom is -0.497 e. The second kappa shape index (κ2) is 7.65. The van der Waals surface area contributed by atoms with Gasteiger partial charge in [0.15, 0.2) is 11.6 Å². The number of carbonyl (C=O) groups excluding carboxylic acids is 1. The molecule has 0 saturated carbocycles. The summed E-state index contributed by atoms with van der Waals surface area (Å²) in [6.07, 6.45) is -0.857. The first-order valence-electron chi connectivity index (χ1n) is 6.67. The number of carboxylic acid groups (broad SMARTS) is 1. The normalized spacial score (nSPS) is 14.5. The molecule has 0 heterocycles. The first-order valence-corrected chi connectivity index (χ1v) is 6.67. The molecule has 2 atom stereocenters. The second-order valence-corrected chi connectivity index (χ2v) is 5.00. The highest BCUT2D eigenvalue weighted by Crippen LogP contribution is 2.18. The van der Waals surface area contributed by atoms with Crippen molar-refractivity contribution in [3.63, 3.8) is 0 Å². The number of carbonyl (C=O) groups is 2. The second-order valence-electron chi connectivity index (χ2n) is 5.00. The fourth-order valence-electron chi connectivity index (χ4n) is 1.73. The molecule has 7 heteroatoms. The molecular formula is C15H21NO6. The van der Waals surface area contributed by atoms with Gasteiger partial charge < -0.3 is 24.6 Å². The number of rotatable bonds is 8. The zero-order valence-electron chi connectivity index (χ0n) is 13.1. The molecule has 2 N–H and O–H groups in total. The third-order valence-corrected chi connectivity index (χ3v) is 3.05.